The van der Waals surface area contributed by atoms with Crippen LogP contribution in [0.2, 0.25) is 0 Å². The number of hydrogen-bond acceptors (Lipinski definition) is 5. The van der Waals surface area contributed by atoms with Gasteiger partial charge < -0.3 is 14.8 Å². The molecule has 2 aromatic heterocycles. The molecule has 124 valence electrons. The van der Waals surface area contributed by atoms with Crippen LogP contribution in [0.15, 0.2) is 12.1 Å². The number of carbonyl (C=O) groups is 1. The zero-order valence-corrected chi connectivity index (χ0v) is 14.1. The summed E-state index contributed by atoms with van der Waals surface area (Å²) in [6.07, 6.45) is 0. The fraction of sp³-hybridized carbons (Fsp3) is 0.438. The Hall–Kier alpha value is -2.57. The molecule has 2 aromatic rings. The number of amides is 1. The van der Waals surface area contributed by atoms with Crippen molar-refractivity contribution < 1.29 is 14.3 Å². The third kappa shape index (κ3) is 3.61. The van der Waals surface area contributed by atoms with E-state index in [1.54, 1.807) is 12.1 Å². The zero-order valence-electron chi connectivity index (χ0n) is 14.1. The molecule has 1 N–H and O–H groups in total. The minimum Gasteiger partial charge on any atom is -0.481 e. The van der Waals surface area contributed by atoms with Crippen LogP contribution in [0.4, 0.5) is 0 Å². The Morgan fingerprint density at radius 1 is 1.22 bits per heavy atom. The van der Waals surface area contributed by atoms with Gasteiger partial charge in [0.2, 0.25) is 11.8 Å². The van der Waals surface area contributed by atoms with Crippen molar-refractivity contribution in [2.24, 2.45) is 0 Å². The molecule has 2 heterocycles. The lowest BCUT2D eigenvalue weighted by molar-refractivity contribution is 0.0948. The van der Waals surface area contributed by atoms with Crippen molar-refractivity contribution in [3.05, 3.63) is 34.6 Å². The zero-order chi connectivity index (χ0) is 17.0. The molecular formula is C16H22N4O3. The molecule has 0 aromatic carbocycles. The maximum absolute atomic E-state index is 12.3. The van der Waals surface area contributed by atoms with Crippen LogP contribution in [-0.4, -0.2) is 41.4 Å². The molecule has 23 heavy (non-hydrogen) atoms. The first-order chi connectivity index (χ1) is 11.0. The molecule has 1 amide bonds. The van der Waals surface area contributed by atoms with Crippen molar-refractivity contribution in [2.75, 3.05) is 20.8 Å². The first kappa shape index (κ1) is 16.8. The van der Waals surface area contributed by atoms with E-state index in [0.29, 0.717) is 24.5 Å². The second-order valence-corrected chi connectivity index (χ2v) is 5.19. The number of aromatic nitrogens is 3. The Balaban J connectivity index is 2.01. The third-order valence-corrected chi connectivity index (χ3v) is 3.83. The van der Waals surface area contributed by atoms with Crippen LogP contribution < -0.4 is 14.8 Å². The molecule has 0 bridgehead atoms. The molecule has 7 nitrogen and oxygen atoms in total. The highest BCUT2D eigenvalue weighted by atomic mass is 16.5. The van der Waals surface area contributed by atoms with Gasteiger partial charge in [-0.05, 0) is 32.4 Å². The summed E-state index contributed by atoms with van der Waals surface area (Å²) in [4.78, 5) is 16.4. The molecule has 0 aliphatic rings. The monoisotopic (exact) mass is 318 g/mol. The van der Waals surface area contributed by atoms with E-state index in [4.69, 9.17) is 9.47 Å². The highest BCUT2D eigenvalue weighted by Gasteiger charge is 2.15. The van der Waals surface area contributed by atoms with Crippen molar-refractivity contribution in [1.82, 2.24) is 20.1 Å². The normalized spacial score (nSPS) is 10.5. The Morgan fingerprint density at radius 3 is 2.52 bits per heavy atom. The molecule has 0 unspecified atom stereocenters. The van der Waals surface area contributed by atoms with Crippen LogP contribution in [-0.2, 0) is 6.54 Å². The van der Waals surface area contributed by atoms with Crippen molar-refractivity contribution >= 4 is 5.91 Å². The highest BCUT2D eigenvalue weighted by Crippen LogP contribution is 2.19. The number of pyridine rings is 1. The number of nitrogens with one attached hydrogen (secondary N) is 1. The number of hydrogen-bond donors (Lipinski definition) is 1. The average molecular weight is 318 g/mol. The molecule has 0 aliphatic heterocycles. The molecule has 7 heteroatoms. The maximum Gasteiger partial charge on any atom is 0.256 e. The van der Waals surface area contributed by atoms with Gasteiger partial charge in [0.15, 0.2) is 0 Å². The second-order valence-electron chi connectivity index (χ2n) is 5.19. The largest absolute Gasteiger partial charge is 0.481 e. The van der Waals surface area contributed by atoms with E-state index in [9.17, 15) is 4.79 Å². The van der Waals surface area contributed by atoms with Gasteiger partial charge in [-0.3, -0.25) is 9.48 Å². The van der Waals surface area contributed by atoms with Crippen molar-refractivity contribution in [3.8, 4) is 11.8 Å². The van der Waals surface area contributed by atoms with Crippen molar-refractivity contribution in [1.29, 1.82) is 0 Å². The van der Waals surface area contributed by atoms with Gasteiger partial charge in [0.1, 0.15) is 5.56 Å². The summed E-state index contributed by atoms with van der Waals surface area (Å²) in [7, 11) is 2.98. The standard InChI is InChI=1S/C16H22N4O3/c1-10-11(2)19-20(12(10)3)9-8-17-15(21)13-6-7-14(22-4)18-16(13)23-5/h6-7H,8-9H2,1-5H3,(H,17,21). The molecule has 0 saturated carbocycles. The van der Waals surface area contributed by atoms with E-state index in [1.807, 2.05) is 25.5 Å². The topological polar surface area (TPSA) is 78.3 Å². The van der Waals surface area contributed by atoms with E-state index >= 15 is 0 Å². The van der Waals surface area contributed by atoms with Crippen LogP contribution in [0, 0.1) is 20.8 Å². The van der Waals surface area contributed by atoms with Crippen LogP contribution >= 0.6 is 0 Å². The Labute approximate surface area is 135 Å². The lowest BCUT2D eigenvalue weighted by Crippen LogP contribution is -2.28. The van der Waals surface area contributed by atoms with Gasteiger partial charge in [-0.2, -0.15) is 10.1 Å². The maximum atomic E-state index is 12.3. The fourth-order valence-electron chi connectivity index (χ4n) is 2.24. The molecule has 0 aliphatic carbocycles. The number of methoxy groups -OCH3 is 2. The van der Waals surface area contributed by atoms with E-state index in [2.05, 4.69) is 15.4 Å². The number of ether oxygens (including phenoxy) is 2. The summed E-state index contributed by atoms with van der Waals surface area (Å²) in [6, 6.07) is 3.26. The van der Waals surface area contributed by atoms with Gasteiger partial charge in [-0.15, -0.1) is 0 Å². The van der Waals surface area contributed by atoms with Crippen LogP contribution in [0.5, 0.6) is 11.8 Å². The molecule has 0 spiro atoms. The minimum absolute atomic E-state index is 0.240. The minimum atomic E-state index is -0.241. The van der Waals surface area contributed by atoms with Gasteiger partial charge in [-0.1, -0.05) is 0 Å². The number of aryl methyl sites for hydroxylation is 1. The van der Waals surface area contributed by atoms with Gasteiger partial charge in [0.25, 0.3) is 5.91 Å². The predicted molar refractivity (Wildman–Crippen MR) is 86.1 cm³/mol. The molecule has 0 atom stereocenters. The van der Waals surface area contributed by atoms with Crippen molar-refractivity contribution in [3.63, 3.8) is 0 Å². The number of rotatable bonds is 6. The molecular weight excluding hydrogens is 296 g/mol. The first-order valence-corrected chi connectivity index (χ1v) is 7.35. The fourth-order valence-corrected chi connectivity index (χ4v) is 2.24. The summed E-state index contributed by atoms with van der Waals surface area (Å²) >= 11 is 0. The summed E-state index contributed by atoms with van der Waals surface area (Å²) < 4.78 is 12.1. The summed E-state index contributed by atoms with van der Waals surface area (Å²) in [5.41, 5.74) is 3.67. The summed E-state index contributed by atoms with van der Waals surface area (Å²) in [6.45, 7) is 7.12. The molecule has 0 saturated heterocycles. The van der Waals surface area contributed by atoms with Crippen LogP contribution in [0.1, 0.15) is 27.3 Å². The summed E-state index contributed by atoms with van der Waals surface area (Å²) in [5, 5.41) is 7.30. The first-order valence-electron chi connectivity index (χ1n) is 7.35. The van der Waals surface area contributed by atoms with Gasteiger partial charge in [-0.25, -0.2) is 0 Å². The molecule has 0 radical (unpaired) electrons. The second kappa shape index (κ2) is 7.13. The van der Waals surface area contributed by atoms with Crippen LogP contribution in [0.25, 0.3) is 0 Å². The summed E-state index contributed by atoms with van der Waals surface area (Å²) in [5.74, 6) is 0.399. The van der Waals surface area contributed by atoms with Crippen LogP contribution in [0.3, 0.4) is 0 Å². The lowest BCUT2D eigenvalue weighted by atomic mass is 10.2. The van der Waals surface area contributed by atoms with E-state index in [0.717, 1.165) is 11.4 Å². The van der Waals surface area contributed by atoms with Crippen molar-refractivity contribution in [2.45, 2.75) is 27.3 Å². The Kier molecular flexibility index (Phi) is 5.20. The number of nitrogens with zero attached hydrogens (tertiary/aromatic N) is 3. The molecule has 2 rings (SSSR count). The van der Waals surface area contributed by atoms with E-state index in [1.165, 1.54) is 19.8 Å². The Morgan fingerprint density at radius 2 is 1.96 bits per heavy atom. The van der Waals surface area contributed by atoms with E-state index in [-0.39, 0.29) is 11.8 Å². The number of carbonyl (C=O) groups excluding carboxylic acids is 1. The SMILES string of the molecule is COc1ccc(C(=O)NCCn2nc(C)c(C)c2C)c(OC)n1. The molecule has 0 fully saturated rings. The van der Waals surface area contributed by atoms with Gasteiger partial charge >= 0.3 is 0 Å². The average Bonchev–Trinajstić information content (AvgIpc) is 2.81. The van der Waals surface area contributed by atoms with Gasteiger partial charge in [0.05, 0.1) is 26.5 Å². The highest BCUT2D eigenvalue weighted by molar-refractivity contribution is 5.96. The quantitative estimate of drug-likeness (QED) is 0.876. The smallest absolute Gasteiger partial charge is 0.256 e. The Bertz CT molecular complexity index is 710. The van der Waals surface area contributed by atoms with E-state index < -0.39 is 0 Å². The van der Waals surface area contributed by atoms with Gasteiger partial charge in [0, 0.05) is 18.3 Å². The third-order valence-electron chi connectivity index (χ3n) is 3.83. The lowest BCUT2D eigenvalue weighted by Gasteiger charge is -2.10. The predicted octanol–water partition coefficient (Wildman–Crippen LogP) is 1.65.